The van der Waals surface area contributed by atoms with Gasteiger partial charge in [0.05, 0.1) is 5.52 Å². The van der Waals surface area contributed by atoms with E-state index in [1.54, 1.807) is 54.6 Å². The quantitative estimate of drug-likeness (QED) is 0.422. The molecule has 4 N–H and O–H groups in total. The van der Waals surface area contributed by atoms with E-state index >= 15 is 0 Å². The van der Waals surface area contributed by atoms with Crippen molar-refractivity contribution < 1.29 is 14.0 Å². The number of amides is 3. The van der Waals surface area contributed by atoms with Crippen molar-refractivity contribution in [1.82, 2.24) is 4.98 Å². The number of anilines is 3. The largest absolute Gasteiger partial charge is 0.417 e. The SMILES string of the molecule is O=C(Nc1ccccc1)Nc1ccc(C(=O)Nc2ccc3oc(=O)[nH]c3c2)cc1. The van der Waals surface area contributed by atoms with Crippen LogP contribution in [0, 0.1) is 0 Å². The predicted octanol–water partition coefficient (Wildman–Crippen LogP) is 4.02. The molecule has 0 bridgehead atoms. The number of hydrogen-bond acceptors (Lipinski definition) is 4. The number of aromatic nitrogens is 1. The topological polar surface area (TPSA) is 116 Å². The molecule has 144 valence electrons. The Labute approximate surface area is 164 Å². The first-order chi connectivity index (χ1) is 14.1. The standard InChI is InChI=1S/C21H16N4O4/c26-19(22-16-10-11-18-17(12-16)25-21(28)29-18)13-6-8-15(9-7-13)24-20(27)23-14-4-2-1-3-5-14/h1-12H,(H,22,26)(H,25,28)(H2,23,24,27). The molecule has 1 aromatic heterocycles. The van der Waals surface area contributed by atoms with Gasteiger partial charge in [-0.1, -0.05) is 18.2 Å². The van der Waals surface area contributed by atoms with Crippen molar-refractivity contribution in [2.45, 2.75) is 0 Å². The molecule has 4 aromatic rings. The van der Waals surface area contributed by atoms with Gasteiger partial charge in [0.2, 0.25) is 0 Å². The summed E-state index contributed by atoms with van der Waals surface area (Å²) < 4.78 is 4.93. The van der Waals surface area contributed by atoms with Crippen molar-refractivity contribution in [2.75, 3.05) is 16.0 Å². The summed E-state index contributed by atoms with van der Waals surface area (Å²) in [7, 11) is 0. The lowest BCUT2D eigenvalue weighted by atomic mass is 10.2. The maximum Gasteiger partial charge on any atom is 0.417 e. The number of urea groups is 1. The second-order valence-corrected chi connectivity index (χ2v) is 6.20. The van der Waals surface area contributed by atoms with Crippen LogP contribution in [0.4, 0.5) is 21.9 Å². The molecule has 0 atom stereocenters. The maximum atomic E-state index is 12.4. The number of oxazole rings is 1. The van der Waals surface area contributed by atoms with Gasteiger partial charge in [-0.15, -0.1) is 0 Å². The fourth-order valence-electron chi connectivity index (χ4n) is 2.75. The number of nitrogens with one attached hydrogen (secondary N) is 4. The molecule has 0 saturated heterocycles. The molecule has 0 radical (unpaired) electrons. The third-order valence-electron chi connectivity index (χ3n) is 4.11. The molecule has 0 aliphatic rings. The van der Waals surface area contributed by atoms with Gasteiger partial charge in [-0.05, 0) is 54.6 Å². The summed E-state index contributed by atoms with van der Waals surface area (Å²) in [6.45, 7) is 0. The van der Waals surface area contributed by atoms with Crippen LogP contribution in [-0.2, 0) is 0 Å². The highest BCUT2D eigenvalue weighted by Crippen LogP contribution is 2.18. The maximum absolute atomic E-state index is 12.4. The van der Waals surface area contributed by atoms with Crippen LogP contribution in [0.3, 0.4) is 0 Å². The van der Waals surface area contributed by atoms with Gasteiger partial charge in [0, 0.05) is 22.6 Å². The number of hydrogen-bond donors (Lipinski definition) is 4. The minimum absolute atomic E-state index is 0.324. The molecule has 0 unspecified atom stereocenters. The van der Waals surface area contributed by atoms with E-state index in [4.69, 9.17) is 4.42 Å². The molecule has 0 fully saturated rings. The van der Waals surface area contributed by atoms with Crippen molar-refractivity contribution in [3.05, 3.63) is 88.9 Å². The lowest BCUT2D eigenvalue weighted by molar-refractivity contribution is 0.102. The fourth-order valence-corrected chi connectivity index (χ4v) is 2.75. The van der Waals surface area contributed by atoms with Gasteiger partial charge in [-0.25, -0.2) is 9.59 Å². The van der Waals surface area contributed by atoms with Crippen molar-refractivity contribution in [3.8, 4) is 0 Å². The molecular weight excluding hydrogens is 372 g/mol. The van der Waals surface area contributed by atoms with E-state index in [1.807, 2.05) is 18.2 Å². The Balaban J connectivity index is 1.39. The number of aromatic amines is 1. The van der Waals surface area contributed by atoms with E-state index in [9.17, 15) is 14.4 Å². The lowest BCUT2D eigenvalue weighted by Crippen LogP contribution is -2.19. The number of benzene rings is 3. The van der Waals surface area contributed by atoms with E-state index in [0.29, 0.717) is 33.7 Å². The summed E-state index contributed by atoms with van der Waals surface area (Å²) in [5.74, 6) is -0.877. The van der Waals surface area contributed by atoms with Gasteiger partial charge < -0.3 is 20.4 Å². The highest BCUT2D eigenvalue weighted by Gasteiger charge is 2.09. The average Bonchev–Trinajstić information content (AvgIpc) is 3.08. The number of carbonyl (C=O) groups excluding carboxylic acids is 2. The highest BCUT2D eigenvalue weighted by molar-refractivity contribution is 6.05. The zero-order valence-electron chi connectivity index (χ0n) is 15.1. The van der Waals surface area contributed by atoms with Gasteiger partial charge in [0.15, 0.2) is 5.58 Å². The molecule has 4 rings (SSSR count). The Kier molecular flexibility index (Phi) is 4.81. The summed E-state index contributed by atoms with van der Waals surface area (Å²) in [6.07, 6.45) is 0. The van der Waals surface area contributed by atoms with Gasteiger partial charge >= 0.3 is 11.8 Å². The summed E-state index contributed by atoms with van der Waals surface area (Å²) in [5.41, 5.74) is 3.07. The Bertz CT molecular complexity index is 1230. The van der Waals surface area contributed by atoms with Crippen molar-refractivity contribution >= 4 is 40.1 Å². The summed E-state index contributed by atoms with van der Waals surface area (Å²) in [5, 5.41) is 8.17. The molecule has 0 aliphatic carbocycles. The van der Waals surface area contributed by atoms with Crippen LogP contribution in [0.25, 0.3) is 11.1 Å². The van der Waals surface area contributed by atoms with Crippen LogP contribution < -0.4 is 21.7 Å². The summed E-state index contributed by atoms with van der Waals surface area (Å²) in [6, 6.07) is 20.0. The molecule has 0 saturated carbocycles. The van der Waals surface area contributed by atoms with Crippen LogP contribution in [0.5, 0.6) is 0 Å². The summed E-state index contributed by atoms with van der Waals surface area (Å²) >= 11 is 0. The fraction of sp³-hybridized carbons (Fsp3) is 0. The van der Waals surface area contributed by atoms with Crippen LogP contribution in [0.15, 0.2) is 82.0 Å². The average molecular weight is 388 g/mol. The Hall–Kier alpha value is -4.33. The second kappa shape index (κ2) is 7.73. The smallest absolute Gasteiger partial charge is 0.408 e. The molecular formula is C21H16N4O4. The van der Waals surface area contributed by atoms with E-state index in [0.717, 1.165) is 0 Å². The number of H-pyrrole nitrogens is 1. The third-order valence-corrected chi connectivity index (χ3v) is 4.11. The van der Waals surface area contributed by atoms with Gasteiger partial charge in [-0.3, -0.25) is 9.78 Å². The number of fused-ring (bicyclic) bond motifs is 1. The zero-order chi connectivity index (χ0) is 20.2. The Morgan fingerprint density at radius 1 is 0.759 bits per heavy atom. The van der Waals surface area contributed by atoms with Crippen LogP contribution in [-0.4, -0.2) is 16.9 Å². The minimum Gasteiger partial charge on any atom is -0.408 e. The predicted molar refractivity (Wildman–Crippen MR) is 110 cm³/mol. The zero-order valence-corrected chi connectivity index (χ0v) is 15.1. The molecule has 8 nitrogen and oxygen atoms in total. The first-order valence-electron chi connectivity index (χ1n) is 8.74. The van der Waals surface area contributed by atoms with Crippen LogP contribution in [0.2, 0.25) is 0 Å². The Morgan fingerprint density at radius 3 is 2.14 bits per heavy atom. The Morgan fingerprint density at radius 2 is 1.41 bits per heavy atom. The monoisotopic (exact) mass is 388 g/mol. The molecule has 29 heavy (non-hydrogen) atoms. The van der Waals surface area contributed by atoms with Crippen molar-refractivity contribution in [2.24, 2.45) is 0 Å². The number of para-hydroxylation sites is 1. The van der Waals surface area contributed by atoms with Crippen molar-refractivity contribution in [3.63, 3.8) is 0 Å². The molecule has 0 aliphatic heterocycles. The normalized spacial score (nSPS) is 10.5. The number of carbonyl (C=O) groups is 2. The molecule has 0 spiro atoms. The van der Waals surface area contributed by atoms with E-state index < -0.39 is 5.76 Å². The van der Waals surface area contributed by atoms with Gasteiger partial charge in [0.25, 0.3) is 5.91 Å². The summed E-state index contributed by atoms with van der Waals surface area (Å²) in [4.78, 5) is 38.2. The van der Waals surface area contributed by atoms with Crippen LogP contribution in [0.1, 0.15) is 10.4 Å². The highest BCUT2D eigenvalue weighted by atomic mass is 16.4. The minimum atomic E-state index is -0.553. The number of rotatable bonds is 4. The second-order valence-electron chi connectivity index (χ2n) is 6.20. The first-order valence-corrected chi connectivity index (χ1v) is 8.74. The first kappa shape index (κ1) is 18.1. The lowest BCUT2D eigenvalue weighted by Gasteiger charge is -2.09. The van der Waals surface area contributed by atoms with Crippen molar-refractivity contribution in [1.29, 1.82) is 0 Å². The molecule has 8 heteroatoms. The van der Waals surface area contributed by atoms with Gasteiger partial charge in [-0.2, -0.15) is 0 Å². The van der Waals surface area contributed by atoms with Crippen LogP contribution >= 0.6 is 0 Å². The third kappa shape index (κ3) is 4.33. The van der Waals surface area contributed by atoms with Gasteiger partial charge in [0.1, 0.15) is 0 Å². The van der Waals surface area contributed by atoms with E-state index in [1.165, 1.54) is 0 Å². The van der Waals surface area contributed by atoms with E-state index in [-0.39, 0.29) is 11.9 Å². The molecule has 3 aromatic carbocycles. The molecule has 1 heterocycles. The van der Waals surface area contributed by atoms with E-state index in [2.05, 4.69) is 20.9 Å². The molecule has 3 amide bonds.